The van der Waals surface area contributed by atoms with Gasteiger partial charge in [0.05, 0.1) is 6.61 Å². The molecule has 0 bridgehead atoms. The Labute approximate surface area is 119 Å². The van der Waals surface area contributed by atoms with Crippen molar-refractivity contribution in [2.45, 2.75) is 6.92 Å². The van der Waals surface area contributed by atoms with Crippen LogP contribution in [-0.2, 0) is 0 Å². The van der Waals surface area contributed by atoms with E-state index in [4.69, 9.17) is 15.2 Å². The standard InChI is InChI=1S/C16H20N2O2/c1-4-19-15-8-12(17)9-16(11-15)20-14-7-5-6-13(10-14)18(2)3/h5-11H,4,17H2,1-3H3. The van der Waals surface area contributed by atoms with Crippen LogP contribution in [0.5, 0.6) is 17.2 Å². The number of nitrogens with two attached hydrogens (primary N) is 1. The number of hydrogen-bond acceptors (Lipinski definition) is 4. The summed E-state index contributed by atoms with van der Waals surface area (Å²) in [7, 11) is 3.99. The molecule has 106 valence electrons. The maximum Gasteiger partial charge on any atom is 0.133 e. The number of anilines is 2. The number of nitrogen functional groups attached to an aromatic ring is 1. The molecule has 0 atom stereocenters. The van der Waals surface area contributed by atoms with Gasteiger partial charge in [-0.1, -0.05) is 6.07 Å². The lowest BCUT2D eigenvalue weighted by atomic mass is 10.2. The molecule has 0 unspecified atom stereocenters. The topological polar surface area (TPSA) is 47.7 Å². The molecule has 0 aliphatic rings. The summed E-state index contributed by atoms with van der Waals surface area (Å²) >= 11 is 0. The number of ether oxygens (including phenoxy) is 2. The van der Waals surface area contributed by atoms with Crippen LogP contribution in [0.25, 0.3) is 0 Å². The molecule has 2 aromatic carbocycles. The van der Waals surface area contributed by atoms with Crippen LogP contribution in [0.3, 0.4) is 0 Å². The van der Waals surface area contributed by atoms with Gasteiger partial charge in [-0.25, -0.2) is 0 Å². The Morgan fingerprint density at radius 1 is 1.00 bits per heavy atom. The lowest BCUT2D eigenvalue weighted by Crippen LogP contribution is -2.08. The molecule has 0 spiro atoms. The molecule has 2 rings (SSSR count). The second-order valence-corrected chi connectivity index (χ2v) is 4.66. The third-order valence-electron chi connectivity index (χ3n) is 2.78. The highest BCUT2D eigenvalue weighted by Gasteiger charge is 2.04. The fourth-order valence-electron chi connectivity index (χ4n) is 1.86. The van der Waals surface area contributed by atoms with Crippen molar-refractivity contribution < 1.29 is 9.47 Å². The van der Waals surface area contributed by atoms with E-state index in [9.17, 15) is 0 Å². The number of rotatable bonds is 5. The molecule has 0 saturated heterocycles. The van der Waals surface area contributed by atoms with Gasteiger partial charge in [-0.05, 0) is 19.1 Å². The smallest absolute Gasteiger partial charge is 0.133 e. The molecule has 0 saturated carbocycles. The van der Waals surface area contributed by atoms with Crippen LogP contribution in [0, 0.1) is 0 Å². The largest absolute Gasteiger partial charge is 0.494 e. The van der Waals surface area contributed by atoms with Crippen molar-refractivity contribution in [1.82, 2.24) is 0 Å². The van der Waals surface area contributed by atoms with Gasteiger partial charge in [0, 0.05) is 49.7 Å². The van der Waals surface area contributed by atoms with E-state index in [1.165, 1.54) is 0 Å². The lowest BCUT2D eigenvalue weighted by Gasteiger charge is -2.14. The first-order valence-electron chi connectivity index (χ1n) is 6.57. The Morgan fingerprint density at radius 2 is 1.75 bits per heavy atom. The fourth-order valence-corrected chi connectivity index (χ4v) is 1.86. The Balaban J connectivity index is 2.23. The third kappa shape index (κ3) is 3.57. The van der Waals surface area contributed by atoms with Crippen LogP contribution in [-0.4, -0.2) is 20.7 Å². The highest BCUT2D eigenvalue weighted by Crippen LogP contribution is 2.30. The number of nitrogens with zero attached hydrogens (tertiary/aromatic N) is 1. The van der Waals surface area contributed by atoms with E-state index in [1.807, 2.05) is 56.3 Å². The highest BCUT2D eigenvalue weighted by atomic mass is 16.5. The summed E-state index contributed by atoms with van der Waals surface area (Å²) in [6.07, 6.45) is 0. The minimum absolute atomic E-state index is 0.596. The highest BCUT2D eigenvalue weighted by molar-refractivity contribution is 5.53. The van der Waals surface area contributed by atoms with Crippen molar-refractivity contribution in [1.29, 1.82) is 0 Å². The molecule has 0 radical (unpaired) electrons. The van der Waals surface area contributed by atoms with Crippen molar-refractivity contribution in [2.75, 3.05) is 31.3 Å². The van der Waals surface area contributed by atoms with Gasteiger partial charge in [0.2, 0.25) is 0 Å². The first-order valence-corrected chi connectivity index (χ1v) is 6.57. The second kappa shape index (κ2) is 6.19. The summed E-state index contributed by atoms with van der Waals surface area (Å²) in [5.41, 5.74) is 7.55. The van der Waals surface area contributed by atoms with E-state index in [1.54, 1.807) is 12.1 Å². The zero-order chi connectivity index (χ0) is 14.5. The number of benzene rings is 2. The molecule has 4 nitrogen and oxygen atoms in total. The summed E-state index contributed by atoms with van der Waals surface area (Å²) in [6, 6.07) is 13.3. The molecule has 4 heteroatoms. The fraction of sp³-hybridized carbons (Fsp3) is 0.250. The van der Waals surface area contributed by atoms with Gasteiger partial charge >= 0.3 is 0 Å². The van der Waals surface area contributed by atoms with Crippen molar-refractivity contribution in [3.63, 3.8) is 0 Å². The predicted octanol–water partition coefficient (Wildman–Crippen LogP) is 3.53. The average Bonchev–Trinajstić information content (AvgIpc) is 2.38. The monoisotopic (exact) mass is 272 g/mol. The van der Waals surface area contributed by atoms with Crippen molar-refractivity contribution in [2.24, 2.45) is 0 Å². The van der Waals surface area contributed by atoms with E-state index in [-0.39, 0.29) is 0 Å². The molecule has 20 heavy (non-hydrogen) atoms. The van der Waals surface area contributed by atoms with Crippen LogP contribution in [0.2, 0.25) is 0 Å². The SMILES string of the molecule is CCOc1cc(N)cc(Oc2cccc(N(C)C)c2)c1. The summed E-state index contributed by atoms with van der Waals surface area (Å²) in [4.78, 5) is 2.03. The van der Waals surface area contributed by atoms with Crippen molar-refractivity contribution in [3.8, 4) is 17.2 Å². The van der Waals surface area contributed by atoms with Crippen LogP contribution in [0.1, 0.15) is 6.92 Å². The van der Waals surface area contributed by atoms with E-state index < -0.39 is 0 Å². The van der Waals surface area contributed by atoms with Gasteiger partial charge in [0.1, 0.15) is 17.2 Å². The van der Waals surface area contributed by atoms with Gasteiger partial charge in [0.25, 0.3) is 0 Å². The molecule has 2 N–H and O–H groups in total. The van der Waals surface area contributed by atoms with Gasteiger partial charge < -0.3 is 20.1 Å². The molecular weight excluding hydrogens is 252 g/mol. The molecular formula is C16H20N2O2. The molecule has 0 aliphatic heterocycles. The van der Waals surface area contributed by atoms with Crippen molar-refractivity contribution >= 4 is 11.4 Å². The summed E-state index contributed by atoms with van der Waals surface area (Å²) in [6.45, 7) is 2.53. The quantitative estimate of drug-likeness (QED) is 0.846. The maximum absolute atomic E-state index is 5.85. The molecule has 2 aromatic rings. The van der Waals surface area contributed by atoms with Crippen LogP contribution in [0.15, 0.2) is 42.5 Å². The Bertz CT molecular complexity index is 582. The Kier molecular flexibility index (Phi) is 4.35. The van der Waals surface area contributed by atoms with Gasteiger partial charge in [-0.3, -0.25) is 0 Å². The molecule has 0 aromatic heterocycles. The van der Waals surface area contributed by atoms with E-state index in [0.717, 1.165) is 11.4 Å². The second-order valence-electron chi connectivity index (χ2n) is 4.66. The minimum Gasteiger partial charge on any atom is -0.494 e. The number of hydrogen-bond donors (Lipinski definition) is 1. The first-order chi connectivity index (χ1) is 9.58. The maximum atomic E-state index is 5.85. The van der Waals surface area contributed by atoms with Crippen LogP contribution < -0.4 is 20.1 Å². The minimum atomic E-state index is 0.596. The third-order valence-corrected chi connectivity index (χ3v) is 2.78. The van der Waals surface area contributed by atoms with E-state index >= 15 is 0 Å². The normalized spacial score (nSPS) is 10.2. The van der Waals surface area contributed by atoms with Crippen LogP contribution in [0.4, 0.5) is 11.4 Å². The van der Waals surface area contributed by atoms with Gasteiger partial charge in [-0.2, -0.15) is 0 Å². The molecule has 0 fully saturated rings. The lowest BCUT2D eigenvalue weighted by molar-refractivity contribution is 0.338. The van der Waals surface area contributed by atoms with Crippen molar-refractivity contribution in [3.05, 3.63) is 42.5 Å². The van der Waals surface area contributed by atoms with E-state index in [0.29, 0.717) is 23.8 Å². The van der Waals surface area contributed by atoms with E-state index in [2.05, 4.69) is 0 Å². The molecule has 0 heterocycles. The van der Waals surface area contributed by atoms with Gasteiger partial charge in [0.15, 0.2) is 0 Å². The average molecular weight is 272 g/mol. The summed E-state index contributed by atoms with van der Waals surface area (Å²) < 4.78 is 11.3. The summed E-state index contributed by atoms with van der Waals surface area (Å²) in [5.74, 6) is 2.15. The molecule has 0 aliphatic carbocycles. The predicted molar refractivity (Wildman–Crippen MR) is 82.9 cm³/mol. The first kappa shape index (κ1) is 14.1. The Hall–Kier alpha value is -2.36. The zero-order valence-corrected chi connectivity index (χ0v) is 12.1. The summed E-state index contributed by atoms with van der Waals surface area (Å²) in [5, 5.41) is 0. The zero-order valence-electron chi connectivity index (χ0n) is 12.1. The van der Waals surface area contributed by atoms with Gasteiger partial charge in [-0.15, -0.1) is 0 Å². The molecule has 0 amide bonds. The Morgan fingerprint density at radius 3 is 2.45 bits per heavy atom. The van der Waals surface area contributed by atoms with Crippen LogP contribution >= 0.6 is 0 Å².